The fourth-order valence-electron chi connectivity index (χ4n) is 3.55. The normalized spacial score (nSPS) is 25.3. The predicted molar refractivity (Wildman–Crippen MR) is 83.4 cm³/mol. The summed E-state index contributed by atoms with van der Waals surface area (Å²) >= 11 is 0. The molecule has 0 heterocycles. The number of unbranched alkanes of at least 4 members (excludes halogenated alkanes) is 2. The van der Waals surface area contributed by atoms with Crippen LogP contribution >= 0.6 is 0 Å². The second-order valence-electron chi connectivity index (χ2n) is 6.41. The molecule has 0 radical (unpaired) electrons. The van der Waals surface area contributed by atoms with Crippen molar-refractivity contribution >= 4 is 0 Å². The van der Waals surface area contributed by atoms with Gasteiger partial charge in [-0.1, -0.05) is 32.8 Å². The smallest absolute Gasteiger partial charge is 0.119 e. The zero-order chi connectivity index (χ0) is 14.6. The standard InChI is InChI=1S/C18H28O2/c1-14-7-8-15-9-10-16(20-3)13-17(15)18(14,2)11-5-4-6-12-19/h9-10,13-14,19H,4-8,11-12H2,1-3H3/t14?,18-/m0/s1. The monoisotopic (exact) mass is 276 g/mol. The molecule has 0 saturated heterocycles. The maximum atomic E-state index is 8.93. The first-order valence-corrected chi connectivity index (χ1v) is 7.90. The molecule has 2 atom stereocenters. The Labute approximate surface area is 123 Å². The Morgan fingerprint density at radius 1 is 1.30 bits per heavy atom. The number of ether oxygens (including phenoxy) is 1. The average molecular weight is 276 g/mol. The van der Waals surface area contributed by atoms with Crippen LogP contribution in [-0.4, -0.2) is 18.8 Å². The first-order valence-electron chi connectivity index (χ1n) is 7.90. The van der Waals surface area contributed by atoms with Crippen molar-refractivity contribution in [2.24, 2.45) is 5.92 Å². The topological polar surface area (TPSA) is 29.5 Å². The lowest BCUT2D eigenvalue weighted by molar-refractivity contribution is 0.240. The molecule has 0 amide bonds. The van der Waals surface area contributed by atoms with E-state index in [4.69, 9.17) is 9.84 Å². The van der Waals surface area contributed by atoms with Gasteiger partial charge in [0.25, 0.3) is 0 Å². The molecule has 0 aliphatic heterocycles. The number of rotatable bonds is 6. The molecule has 2 nitrogen and oxygen atoms in total. The van der Waals surface area contributed by atoms with E-state index >= 15 is 0 Å². The van der Waals surface area contributed by atoms with Crippen LogP contribution in [0.15, 0.2) is 18.2 Å². The summed E-state index contributed by atoms with van der Waals surface area (Å²) in [5.41, 5.74) is 3.23. The fourth-order valence-corrected chi connectivity index (χ4v) is 3.55. The van der Waals surface area contributed by atoms with Crippen molar-refractivity contribution in [3.63, 3.8) is 0 Å². The zero-order valence-corrected chi connectivity index (χ0v) is 13.1. The molecule has 2 heteroatoms. The van der Waals surface area contributed by atoms with Gasteiger partial charge in [-0.2, -0.15) is 0 Å². The van der Waals surface area contributed by atoms with Gasteiger partial charge < -0.3 is 9.84 Å². The molecule has 0 bridgehead atoms. The summed E-state index contributed by atoms with van der Waals surface area (Å²) in [6, 6.07) is 6.57. The molecule has 1 unspecified atom stereocenters. The molecule has 1 aromatic carbocycles. The first-order chi connectivity index (χ1) is 9.61. The highest BCUT2D eigenvalue weighted by molar-refractivity contribution is 5.42. The summed E-state index contributed by atoms with van der Waals surface area (Å²) in [5.74, 6) is 1.68. The van der Waals surface area contributed by atoms with Crippen molar-refractivity contribution in [3.8, 4) is 5.75 Å². The molecule has 20 heavy (non-hydrogen) atoms. The highest BCUT2D eigenvalue weighted by Gasteiger charge is 2.37. The lowest BCUT2D eigenvalue weighted by atomic mass is 9.63. The van der Waals surface area contributed by atoms with E-state index in [1.165, 1.54) is 36.8 Å². The third kappa shape index (κ3) is 3.01. The fraction of sp³-hybridized carbons (Fsp3) is 0.667. The summed E-state index contributed by atoms with van der Waals surface area (Å²) in [7, 11) is 1.74. The number of aliphatic hydroxyl groups excluding tert-OH is 1. The molecule has 0 spiro atoms. The summed E-state index contributed by atoms with van der Waals surface area (Å²) in [6.07, 6.45) is 6.91. The third-order valence-corrected chi connectivity index (χ3v) is 5.22. The van der Waals surface area contributed by atoms with Gasteiger partial charge in [-0.05, 0) is 60.3 Å². The number of aryl methyl sites for hydroxylation is 1. The molecule has 0 fully saturated rings. The van der Waals surface area contributed by atoms with E-state index in [-0.39, 0.29) is 5.41 Å². The van der Waals surface area contributed by atoms with Gasteiger partial charge in [0.15, 0.2) is 0 Å². The highest BCUT2D eigenvalue weighted by atomic mass is 16.5. The van der Waals surface area contributed by atoms with E-state index < -0.39 is 0 Å². The number of fused-ring (bicyclic) bond motifs is 1. The molecule has 1 aromatic rings. The van der Waals surface area contributed by atoms with E-state index in [1.807, 2.05) is 0 Å². The molecular formula is C18H28O2. The number of hydrogen-bond acceptors (Lipinski definition) is 2. The van der Waals surface area contributed by atoms with E-state index in [1.54, 1.807) is 7.11 Å². The van der Waals surface area contributed by atoms with Crippen molar-refractivity contribution in [1.82, 2.24) is 0 Å². The van der Waals surface area contributed by atoms with Crippen LogP contribution in [0, 0.1) is 5.92 Å². The second kappa shape index (κ2) is 6.62. The van der Waals surface area contributed by atoms with Gasteiger partial charge in [0.05, 0.1) is 7.11 Å². The lowest BCUT2D eigenvalue weighted by Gasteiger charge is -2.42. The number of hydrogen-bond donors (Lipinski definition) is 1. The summed E-state index contributed by atoms with van der Waals surface area (Å²) < 4.78 is 5.42. The van der Waals surface area contributed by atoms with Crippen LogP contribution in [-0.2, 0) is 11.8 Å². The van der Waals surface area contributed by atoms with E-state index in [9.17, 15) is 0 Å². The minimum Gasteiger partial charge on any atom is -0.497 e. The molecule has 2 rings (SSSR count). The Kier molecular flexibility index (Phi) is 5.09. The van der Waals surface area contributed by atoms with Crippen LogP contribution in [0.5, 0.6) is 5.75 Å². The molecule has 1 N–H and O–H groups in total. The van der Waals surface area contributed by atoms with Crippen LogP contribution in [0.3, 0.4) is 0 Å². The van der Waals surface area contributed by atoms with E-state index in [0.717, 1.165) is 18.6 Å². The van der Waals surface area contributed by atoms with E-state index in [2.05, 4.69) is 32.0 Å². The minimum absolute atomic E-state index is 0.248. The second-order valence-corrected chi connectivity index (χ2v) is 6.41. The Morgan fingerprint density at radius 2 is 2.10 bits per heavy atom. The molecule has 1 aliphatic carbocycles. The molecule has 1 aliphatic rings. The molecule has 0 saturated carbocycles. The zero-order valence-electron chi connectivity index (χ0n) is 13.1. The lowest BCUT2D eigenvalue weighted by Crippen LogP contribution is -2.35. The molecule has 112 valence electrons. The summed E-state index contributed by atoms with van der Waals surface area (Å²) in [5, 5.41) is 8.93. The Bertz CT molecular complexity index is 441. The number of aliphatic hydroxyl groups is 1. The average Bonchev–Trinajstić information content (AvgIpc) is 2.47. The maximum Gasteiger partial charge on any atom is 0.119 e. The third-order valence-electron chi connectivity index (χ3n) is 5.22. The summed E-state index contributed by atoms with van der Waals surface area (Å²) in [6.45, 7) is 5.11. The van der Waals surface area contributed by atoms with Gasteiger partial charge in [0, 0.05) is 6.61 Å². The number of methoxy groups -OCH3 is 1. The van der Waals surface area contributed by atoms with Crippen molar-refractivity contribution in [2.45, 2.75) is 57.8 Å². The van der Waals surface area contributed by atoms with Crippen molar-refractivity contribution in [2.75, 3.05) is 13.7 Å². The predicted octanol–water partition coefficient (Wildman–Crippen LogP) is 4.09. The maximum absolute atomic E-state index is 8.93. The van der Waals surface area contributed by atoms with Crippen LogP contribution in [0.1, 0.15) is 57.1 Å². The van der Waals surface area contributed by atoms with Crippen LogP contribution in [0.4, 0.5) is 0 Å². The van der Waals surface area contributed by atoms with Crippen molar-refractivity contribution < 1.29 is 9.84 Å². The molecular weight excluding hydrogens is 248 g/mol. The highest BCUT2D eigenvalue weighted by Crippen LogP contribution is 2.45. The van der Waals surface area contributed by atoms with Crippen LogP contribution in [0.2, 0.25) is 0 Å². The van der Waals surface area contributed by atoms with Gasteiger partial charge in [-0.3, -0.25) is 0 Å². The van der Waals surface area contributed by atoms with Gasteiger partial charge in [-0.15, -0.1) is 0 Å². The Morgan fingerprint density at radius 3 is 2.80 bits per heavy atom. The SMILES string of the molecule is COc1ccc2c(c1)[C@@](C)(CCCCCO)C(C)CC2. The Hall–Kier alpha value is -1.02. The van der Waals surface area contributed by atoms with Gasteiger partial charge in [0.2, 0.25) is 0 Å². The Balaban J connectivity index is 2.22. The quantitative estimate of drug-likeness (QED) is 0.793. The summed E-state index contributed by atoms with van der Waals surface area (Å²) in [4.78, 5) is 0. The minimum atomic E-state index is 0.248. The van der Waals surface area contributed by atoms with E-state index in [0.29, 0.717) is 12.5 Å². The van der Waals surface area contributed by atoms with Crippen LogP contribution < -0.4 is 4.74 Å². The largest absolute Gasteiger partial charge is 0.497 e. The molecule has 0 aromatic heterocycles. The van der Waals surface area contributed by atoms with Gasteiger partial charge in [-0.25, -0.2) is 0 Å². The van der Waals surface area contributed by atoms with Gasteiger partial charge >= 0.3 is 0 Å². The van der Waals surface area contributed by atoms with Crippen LogP contribution in [0.25, 0.3) is 0 Å². The van der Waals surface area contributed by atoms with Crippen molar-refractivity contribution in [1.29, 1.82) is 0 Å². The van der Waals surface area contributed by atoms with Crippen molar-refractivity contribution in [3.05, 3.63) is 29.3 Å². The van der Waals surface area contributed by atoms with Gasteiger partial charge in [0.1, 0.15) is 5.75 Å². The number of benzene rings is 1. The first kappa shape index (κ1) is 15.4.